The van der Waals surface area contributed by atoms with Crippen LogP contribution in [0, 0.1) is 12.7 Å². The molecule has 2 amide bonds. The van der Waals surface area contributed by atoms with Crippen molar-refractivity contribution in [2.24, 2.45) is 0 Å². The molecule has 0 radical (unpaired) electrons. The number of piperidine rings is 1. The number of aromatic amines is 1. The number of amides is 2. The van der Waals surface area contributed by atoms with Crippen LogP contribution in [0.3, 0.4) is 0 Å². The Kier molecular flexibility index (Phi) is 4.92. The molecular weight excluding hydrogens is 325 g/mol. The molecule has 7 heteroatoms. The maximum atomic E-state index is 13.4. The van der Waals surface area contributed by atoms with Crippen LogP contribution in [0.5, 0.6) is 0 Å². The Morgan fingerprint density at radius 2 is 2.08 bits per heavy atom. The second kappa shape index (κ2) is 7.13. The van der Waals surface area contributed by atoms with Gasteiger partial charge in [-0.1, -0.05) is 0 Å². The van der Waals surface area contributed by atoms with Gasteiger partial charge in [-0.15, -0.1) is 0 Å². The molecule has 0 spiro atoms. The van der Waals surface area contributed by atoms with E-state index in [1.165, 1.54) is 12.1 Å². The number of likely N-dealkylation sites (tertiary alicyclic amines) is 1. The molecular formula is C18H22FN3O3. The molecule has 0 atom stereocenters. The van der Waals surface area contributed by atoms with E-state index in [1.807, 2.05) is 0 Å². The lowest BCUT2D eigenvalue weighted by molar-refractivity contribution is 0.0857. The zero-order valence-corrected chi connectivity index (χ0v) is 14.4. The fourth-order valence-corrected chi connectivity index (χ4v) is 3.20. The summed E-state index contributed by atoms with van der Waals surface area (Å²) >= 11 is 0. The van der Waals surface area contributed by atoms with Crippen molar-refractivity contribution in [3.8, 4) is 0 Å². The van der Waals surface area contributed by atoms with Crippen molar-refractivity contribution in [3.63, 3.8) is 0 Å². The van der Waals surface area contributed by atoms with Crippen LogP contribution in [0.25, 0.3) is 10.9 Å². The number of aromatic nitrogens is 1. The third kappa shape index (κ3) is 3.60. The number of fused-ring (bicyclic) bond motifs is 1. The lowest BCUT2D eigenvalue weighted by Gasteiger charge is -2.31. The van der Waals surface area contributed by atoms with E-state index in [0.717, 1.165) is 11.1 Å². The summed E-state index contributed by atoms with van der Waals surface area (Å²) in [5.74, 6) is -0.531. The molecule has 1 aromatic carbocycles. The molecule has 6 nitrogen and oxygen atoms in total. The first-order valence-electron chi connectivity index (χ1n) is 8.50. The van der Waals surface area contributed by atoms with Crippen LogP contribution in [0.15, 0.2) is 18.2 Å². The Balaban J connectivity index is 1.64. The second-order valence-electron chi connectivity index (χ2n) is 6.25. The fraction of sp³-hybridized carbons (Fsp3) is 0.444. The molecule has 1 aromatic heterocycles. The van der Waals surface area contributed by atoms with Gasteiger partial charge in [-0.25, -0.2) is 9.18 Å². The topological polar surface area (TPSA) is 74.4 Å². The van der Waals surface area contributed by atoms with E-state index in [-0.39, 0.29) is 23.9 Å². The lowest BCUT2D eigenvalue weighted by Crippen LogP contribution is -2.46. The van der Waals surface area contributed by atoms with Gasteiger partial charge in [0.05, 0.1) is 6.61 Å². The molecule has 134 valence electrons. The molecule has 0 unspecified atom stereocenters. The van der Waals surface area contributed by atoms with E-state index in [4.69, 9.17) is 4.74 Å². The van der Waals surface area contributed by atoms with Crippen molar-refractivity contribution < 1.29 is 18.7 Å². The highest BCUT2D eigenvalue weighted by molar-refractivity contribution is 6.01. The van der Waals surface area contributed by atoms with Crippen LogP contribution in [0.4, 0.5) is 9.18 Å². The highest BCUT2D eigenvalue weighted by Gasteiger charge is 2.25. The van der Waals surface area contributed by atoms with Gasteiger partial charge < -0.3 is 19.9 Å². The van der Waals surface area contributed by atoms with Gasteiger partial charge in [-0.3, -0.25) is 4.79 Å². The van der Waals surface area contributed by atoms with Gasteiger partial charge in [-0.05, 0) is 50.5 Å². The number of hydrogen-bond donors (Lipinski definition) is 2. The molecule has 25 heavy (non-hydrogen) atoms. The second-order valence-corrected chi connectivity index (χ2v) is 6.25. The molecule has 0 bridgehead atoms. The van der Waals surface area contributed by atoms with Gasteiger partial charge in [0.1, 0.15) is 11.5 Å². The molecule has 0 saturated carbocycles. The van der Waals surface area contributed by atoms with Gasteiger partial charge in [0.2, 0.25) is 0 Å². The summed E-state index contributed by atoms with van der Waals surface area (Å²) in [6.07, 6.45) is 1.05. The SMILES string of the molecule is CCOC(=O)N1CCC(NC(=O)c2[nH]c3ccc(F)cc3c2C)CC1. The molecule has 1 aliphatic rings. The van der Waals surface area contributed by atoms with Gasteiger partial charge >= 0.3 is 6.09 Å². The van der Waals surface area contributed by atoms with E-state index >= 15 is 0 Å². The summed E-state index contributed by atoms with van der Waals surface area (Å²) in [5.41, 5.74) is 1.92. The summed E-state index contributed by atoms with van der Waals surface area (Å²) in [4.78, 5) is 29.0. The minimum atomic E-state index is -0.326. The smallest absolute Gasteiger partial charge is 0.409 e. The fourth-order valence-electron chi connectivity index (χ4n) is 3.20. The number of nitrogens with one attached hydrogen (secondary N) is 2. The number of carbonyl (C=O) groups excluding carboxylic acids is 2. The van der Waals surface area contributed by atoms with Crippen molar-refractivity contribution in [2.45, 2.75) is 32.7 Å². The Morgan fingerprint density at radius 3 is 2.76 bits per heavy atom. The Hall–Kier alpha value is -2.57. The van der Waals surface area contributed by atoms with Crippen LogP contribution < -0.4 is 5.32 Å². The highest BCUT2D eigenvalue weighted by Crippen LogP contribution is 2.23. The molecule has 2 N–H and O–H groups in total. The third-order valence-corrected chi connectivity index (χ3v) is 4.60. The molecule has 3 rings (SSSR count). The average molecular weight is 347 g/mol. The van der Waals surface area contributed by atoms with E-state index in [9.17, 15) is 14.0 Å². The van der Waals surface area contributed by atoms with Crippen molar-refractivity contribution in [1.82, 2.24) is 15.2 Å². The van der Waals surface area contributed by atoms with Crippen molar-refractivity contribution in [1.29, 1.82) is 0 Å². The first-order valence-corrected chi connectivity index (χ1v) is 8.50. The third-order valence-electron chi connectivity index (χ3n) is 4.60. The molecule has 0 aliphatic carbocycles. The first-order chi connectivity index (χ1) is 12.0. The molecule has 2 heterocycles. The zero-order valence-electron chi connectivity index (χ0n) is 14.4. The maximum Gasteiger partial charge on any atom is 0.409 e. The van der Waals surface area contributed by atoms with Crippen LogP contribution in [-0.2, 0) is 4.74 Å². The van der Waals surface area contributed by atoms with Crippen LogP contribution in [0.2, 0.25) is 0 Å². The minimum Gasteiger partial charge on any atom is -0.450 e. The minimum absolute atomic E-state index is 0.000671. The largest absolute Gasteiger partial charge is 0.450 e. The number of H-pyrrole nitrogens is 1. The van der Waals surface area contributed by atoms with Gasteiger partial charge in [0, 0.05) is 30.0 Å². The van der Waals surface area contributed by atoms with Crippen LogP contribution in [-0.4, -0.2) is 47.6 Å². The molecule has 2 aromatic rings. The standard InChI is InChI=1S/C18H22FN3O3/c1-3-25-18(24)22-8-6-13(7-9-22)20-17(23)16-11(2)14-10-12(19)4-5-15(14)21-16/h4-5,10,13,21H,3,6-9H2,1-2H3,(H,20,23). The predicted molar refractivity (Wildman–Crippen MR) is 92.1 cm³/mol. The molecule has 1 fully saturated rings. The van der Waals surface area contributed by atoms with Crippen molar-refractivity contribution in [2.75, 3.05) is 19.7 Å². The normalized spacial score (nSPS) is 15.4. The predicted octanol–water partition coefficient (Wildman–Crippen LogP) is 2.97. The van der Waals surface area contributed by atoms with Gasteiger partial charge in [-0.2, -0.15) is 0 Å². The zero-order chi connectivity index (χ0) is 18.0. The highest BCUT2D eigenvalue weighted by atomic mass is 19.1. The monoisotopic (exact) mass is 347 g/mol. The lowest BCUT2D eigenvalue weighted by atomic mass is 10.0. The number of ether oxygens (including phenoxy) is 1. The van der Waals surface area contributed by atoms with Gasteiger partial charge in [0.15, 0.2) is 0 Å². The Bertz CT molecular complexity index is 794. The number of nitrogens with zero attached hydrogens (tertiary/aromatic N) is 1. The number of rotatable bonds is 3. The number of halogens is 1. The summed E-state index contributed by atoms with van der Waals surface area (Å²) in [6, 6.07) is 4.42. The van der Waals surface area contributed by atoms with Crippen LogP contribution in [0.1, 0.15) is 35.8 Å². The van der Waals surface area contributed by atoms with E-state index in [1.54, 1.807) is 24.8 Å². The summed E-state index contributed by atoms with van der Waals surface area (Å²) < 4.78 is 18.4. The maximum absolute atomic E-state index is 13.4. The Morgan fingerprint density at radius 1 is 1.36 bits per heavy atom. The molecule has 1 saturated heterocycles. The number of aryl methyl sites for hydroxylation is 1. The number of benzene rings is 1. The van der Waals surface area contributed by atoms with E-state index < -0.39 is 0 Å². The van der Waals surface area contributed by atoms with E-state index in [0.29, 0.717) is 43.6 Å². The Labute approximate surface area is 145 Å². The summed E-state index contributed by atoms with van der Waals surface area (Å²) in [5, 5.41) is 3.71. The van der Waals surface area contributed by atoms with Gasteiger partial charge in [0.25, 0.3) is 5.91 Å². The number of carbonyl (C=O) groups is 2. The first kappa shape index (κ1) is 17.3. The van der Waals surface area contributed by atoms with Crippen molar-refractivity contribution in [3.05, 3.63) is 35.3 Å². The van der Waals surface area contributed by atoms with Crippen LogP contribution >= 0.6 is 0 Å². The quantitative estimate of drug-likeness (QED) is 0.896. The average Bonchev–Trinajstić information content (AvgIpc) is 2.92. The summed E-state index contributed by atoms with van der Waals surface area (Å²) in [7, 11) is 0. The van der Waals surface area contributed by atoms with E-state index in [2.05, 4.69) is 10.3 Å². The number of hydrogen-bond acceptors (Lipinski definition) is 3. The van der Waals surface area contributed by atoms with Crippen molar-refractivity contribution >= 4 is 22.9 Å². The molecule has 1 aliphatic heterocycles. The summed E-state index contributed by atoms with van der Waals surface area (Å²) in [6.45, 7) is 5.05.